The second-order valence-electron chi connectivity index (χ2n) is 4.02. The van der Waals surface area contributed by atoms with Crippen LogP contribution in [0.3, 0.4) is 0 Å². The largest absolute Gasteiger partial charge is 0.472 e. The Bertz CT molecular complexity index is 294. The molecule has 0 radical (unpaired) electrons. The summed E-state index contributed by atoms with van der Waals surface area (Å²) in [5.74, 6) is 0.307. The fourth-order valence-electron chi connectivity index (χ4n) is 1.12. The number of carbonyl (C=O) groups excluding carboxylic acids is 1. The van der Waals surface area contributed by atoms with E-state index in [0.717, 1.165) is 5.56 Å². The molecule has 1 atom stereocenters. The fourth-order valence-corrected chi connectivity index (χ4v) is 1.12. The number of nitrogens with one attached hydrogen (secondary N) is 1. The molecule has 4 nitrogen and oxygen atoms in total. The van der Waals surface area contributed by atoms with Gasteiger partial charge >= 0.3 is 0 Å². The maximum atomic E-state index is 11.4. The smallest absolute Gasteiger partial charge is 0.221 e. The van der Waals surface area contributed by atoms with Gasteiger partial charge in [0.1, 0.15) is 0 Å². The first kappa shape index (κ1) is 11.8. The van der Waals surface area contributed by atoms with Crippen molar-refractivity contribution < 1.29 is 9.21 Å². The molecule has 0 aliphatic carbocycles. The first-order valence-electron chi connectivity index (χ1n) is 5.13. The molecule has 1 aromatic heterocycles. The number of hydrogen-bond donors (Lipinski definition) is 2. The van der Waals surface area contributed by atoms with Crippen LogP contribution in [-0.4, -0.2) is 11.9 Å². The first-order valence-corrected chi connectivity index (χ1v) is 5.13. The van der Waals surface area contributed by atoms with E-state index < -0.39 is 0 Å². The fraction of sp³-hybridized carbons (Fsp3) is 0.545. The van der Waals surface area contributed by atoms with E-state index in [1.807, 2.05) is 19.9 Å². The monoisotopic (exact) mass is 210 g/mol. The van der Waals surface area contributed by atoms with Gasteiger partial charge in [0.15, 0.2) is 0 Å². The molecule has 1 aromatic rings. The minimum atomic E-state index is -0.0747. The third-order valence-electron chi connectivity index (χ3n) is 2.35. The number of nitrogens with two attached hydrogens (primary N) is 1. The highest BCUT2D eigenvalue weighted by molar-refractivity contribution is 5.76. The molecule has 0 spiro atoms. The van der Waals surface area contributed by atoms with Crippen LogP contribution in [0.4, 0.5) is 0 Å². The molecular weight excluding hydrogens is 192 g/mol. The molecule has 0 bridgehead atoms. The predicted molar refractivity (Wildman–Crippen MR) is 58.0 cm³/mol. The zero-order valence-electron chi connectivity index (χ0n) is 9.19. The second kappa shape index (κ2) is 5.56. The SMILES string of the molecule is CC(C)C(N)CC(=O)NCc1ccoc1. The Hall–Kier alpha value is -1.29. The van der Waals surface area contributed by atoms with E-state index >= 15 is 0 Å². The average Bonchev–Trinajstić information content (AvgIpc) is 2.66. The molecule has 0 saturated carbocycles. The maximum absolute atomic E-state index is 11.4. The van der Waals surface area contributed by atoms with Gasteiger partial charge in [-0.1, -0.05) is 13.8 Å². The van der Waals surface area contributed by atoms with Crippen LogP contribution in [-0.2, 0) is 11.3 Å². The van der Waals surface area contributed by atoms with E-state index in [4.69, 9.17) is 10.2 Å². The van der Waals surface area contributed by atoms with Gasteiger partial charge in [-0.2, -0.15) is 0 Å². The standard InChI is InChI=1S/C11H18N2O2/c1-8(2)10(12)5-11(14)13-6-9-3-4-15-7-9/h3-4,7-8,10H,5-6,12H2,1-2H3,(H,13,14). The summed E-state index contributed by atoms with van der Waals surface area (Å²) in [7, 11) is 0. The molecule has 0 aliphatic heterocycles. The van der Waals surface area contributed by atoms with Crippen molar-refractivity contribution >= 4 is 5.91 Å². The minimum Gasteiger partial charge on any atom is -0.472 e. The number of furan rings is 1. The summed E-state index contributed by atoms with van der Waals surface area (Å²) in [6.45, 7) is 4.52. The lowest BCUT2D eigenvalue weighted by Gasteiger charge is -2.14. The molecule has 0 fully saturated rings. The predicted octanol–water partition coefficient (Wildman–Crippen LogP) is 1.27. The zero-order valence-corrected chi connectivity index (χ0v) is 9.19. The lowest BCUT2D eigenvalue weighted by atomic mass is 10.0. The second-order valence-corrected chi connectivity index (χ2v) is 4.02. The summed E-state index contributed by atoms with van der Waals surface area (Å²) >= 11 is 0. The van der Waals surface area contributed by atoms with Crippen LogP contribution in [0.15, 0.2) is 23.0 Å². The van der Waals surface area contributed by atoms with E-state index in [1.165, 1.54) is 0 Å². The van der Waals surface area contributed by atoms with Gasteiger partial charge in [0.2, 0.25) is 5.91 Å². The van der Waals surface area contributed by atoms with Crippen molar-refractivity contribution in [3.63, 3.8) is 0 Å². The Labute approximate surface area is 89.8 Å². The Kier molecular flexibility index (Phi) is 4.37. The van der Waals surface area contributed by atoms with E-state index in [-0.39, 0.29) is 11.9 Å². The molecule has 0 saturated heterocycles. The Morgan fingerprint density at radius 2 is 2.33 bits per heavy atom. The van der Waals surface area contributed by atoms with Crippen molar-refractivity contribution in [2.75, 3.05) is 0 Å². The normalized spacial score (nSPS) is 12.8. The summed E-state index contributed by atoms with van der Waals surface area (Å²) in [5, 5.41) is 2.79. The molecule has 3 N–H and O–H groups in total. The van der Waals surface area contributed by atoms with Gasteiger partial charge in [-0.15, -0.1) is 0 Å². The van der Waals surface area contributed by atoms with Gasteiger partial charge in [-0.05, 0) is 12.0 Å². The maximum Gasteiger partial charge on any atom is 0.221 e. The van der Waals surface area contributed by atoms with Gasteiger partial charge in [0, 0.05) is 24.6 Å². The summed E-state index contributed by atoms with van der Waals surface area (Å²) < 4.78 is 4.89. The zero-order chi connectivity index (χ0) is 11.3. The molecule has 0 aromatic carbocycles. The topological polar surface area (TPSA) is 68.3 Å². The molecule has 0 aliphatic rings. The first-order chi connectivity index (χ1) is 7.09. The molecule has 4 heteroatoms. The van der Waals surface area contributed by atoms with Gasteiger partial charge in [0.25, 0.3) is 0 Å². The van der Waals surface area contributed by atoms with Gasteiger partial charge in [0.05, 0.1) is 12.5 Å². The molecule has 15 heavy (non-hydrogen) atoms. The summed E-state index contributed by atoms with van der Waals surface area (Å²) in [6, 6.07) is 1.75. The van der Waals surface area contributed by atoms with Crippen molar-refractivity contribution in [2.24, 2.45) is 11.7 Å². The Balaban J connectivity index is 2.25. The summed E-state index contributed by atoms with van der Waals surface area (Å²) in [6.07, 6.45) is 3.57. The molecule has 1 unspecified atom stereocenters. The minimum absolute atomic E-state index is 0.0163. The van der Waals surface area contributed by atoms with E-state index in [9.17, 15) is 4.79 Å². The molecule has 84 valence electrons. The van der Waals surface area contributed by atoms with Gasteiger partial charge in [-0.25, -0.2) is 0 Å². The highest BCUT2D eigenvalue weighted by Gasteiger charge is 2.12. The van der Waals surface area contributed by atoms with Crippen LogP contribution >= 0.6 is 0 Å². The molecule has 1 heterocycles. The van der Waals surface area contributed by atoms with Crippen molar-refractivity contribution in [2.45, 2.75) is 32.9 Å². The Morgan fingerprint density at radius 3 is 2.87 bits per heavy atom. The van der Waals surface area contributed by atoms with Crippen LogP contribution in [0.1, 0.15) is 25.8 Å². The van der Waals surface area contributed by atoms with E-state index in [0.29, 0.717) is 18.9 Å². The summed E-state index contributed by atoms with van der Waals surface area (Å²) in [5.41, 5.74) is 6.75. The number of amides is 1. The van der Waals surface area contributed by atoms with Crippen molar-refractivity contribution in [3.8, 4) is 0 Å². The average molecular weight is 210 g/mol. The Morgan fingerprint density at radius 1 is 1.60 bits per heavy atom. The van der Waals surface area contributed by atoms with Crippen LogP contribution in [0, 0.1) is 5.92 Å². The number of hydrogen-bond acceptors (Lipinski definition) is 3. The van der Waals surface area contributed by atoms with E-state index in [2.05, 4.69) is 5.32 Å². The lowest BCUT2D eigenvalue weighted by molar-refractivity contribution is -0.121. The van der Waals surface area contributed by atoms with Crippen LogP contribution in [0.25, 0.3) is 0 Å². The van der Waals surface area contributed by atoms with Crippen LogP contribution < -0.4 is 11.1 Å². The van der Waals surface area contributed by atoms with Crippen molar-refractivity contribution in [1.82, 2.24) is 5.32 Å². The third kappa shape index (κ3) is 4.16. The lowest BCUT2D eigenvalue weighted by Crippen LogP contribution is -2.34. The van der Waals surface area contributed by atoms with Crippen molar-refractivity contribution in [3.05, 3.63) is 24.2 Å². The third-order valence-corrected chi connectivity index (χ3v) is 2.35. The molecular formula is C11H18N2O2. The molecule has 1 amide bonds. The van der Waals surface area contributed by atoms with Crippen molar-refractivity contribution in [1.29, 1.82) is 0 Å². The summed E-state index contributed by atoms with van der Waals surface area (Å²) in [4.78, 5) is 11.4. The van der Waals surface area contributed by atoms with E-state index in [1.54, 1.807) is 12.5 Å². The highest BCUT2D eigenvalue weighted by Crippen LogP contribution is 2.03. The quantitative estimate of drug-likeness (QED) is 0.769. The van der Waals surface area contributed by atoms with Crippen LogP contribution in [0.2, 0.25) is 0 Å². The number of carbonyl (C=O) groups is 1. The van der Waals surface area contributed by atoms with Gasteiger partial charge in [-0.3, -0.25) is 4.79 Å². The molecule has 1 rings (SSSR count). The highest BCUT2D eigenvalue weighted by atomic mass is 16.3. The number of rotatable bonds is 5. The van der Waals surface area contributed by atoms with Crippen LogP contribution in [0.5, 0.6) is 0 Å². The van der Waals surface area contributed by atoms with Gasteiger partial charge < -0.3 is 15.5 Å².